The molecule has 2 aromatic rings. The minimum absolute atomic E-state index is 0.0398. The van der Waals surface area contributed by atoms with E-state index in [1.165, 1.54) is 0 Å². The van der Waals surface area contributed by atoms with Gasteiger partial charge in [0.15, 0.2) is 0 Å². The number of benzene rings is 2. The highest BCUT2D eigenvalue weighted by Crippen LogP contribution is 2.29. The van der Waals surface area contributed by atoms with Crippen LogP contribution in [0.1, 0.15) is 30.6 Å². The van der Waals surface area contributed by atoms with E-state index in [-0.39, 0.29) is 18.2 Å². The van der Waals surface area contributed by atoms with Gasteiger partial charge < -0.3 is 14.4 Å². The van der Waals surface area contributed by atoms with Gasteiger partial charge in [0.2, 0.25) is 5.91 Å². The number of amides is 1. The molecule has 1 fully saturated rings. The summed E-state index contributed by atoms with van der Waals surface area (Å²) in [4.78, 5) is 14.4. The van der Waals surface area contributed by atoms with Crippen LogP contribution in [0.4, 0.5) is 0 Å². The van der Waals surface area contributed by atoms with Gasteiger partial charge >= 0.3 is 0 Å². The fourth-order valence-corrected chi connectivity index (χ4v) is 3.06. The molecule has 2 aromatic carbocycles. The summed E-state index contributed by atoms with van der Waals surface area (Å²) in [6, 6.07) is 17.9. The lowest BCUT2D eigenvalue weighted by Gasteiger charge is -2.19. The van der Waals surface area contributed by atoms with Gasteiger partial charge in [-0.05, 0) is 36.6 Å². The number of hydrogen-bond acceptors (Lipinski definition) is 3. The Kier molecular flexibility index (Phi) is 5.16. The van der Waals surface area contributed by atoms with E-state index >= 15 is 0 Å². The zero-order chi connectivity index (χ0) is 16.9. The van der Waals surface area contributed by atoms with Crippen molar-refractivity contribution in [2.45, 2.75) is 32.1 Å². The van der Waals surface area contributed by atoms with Crippen LogP contribution in [0.5, 0.6) is 5.75 Å². The smallest absolute Gasteiger partial charge is 0.225 e. The highest BCUT2D eigenvalue weighted by Gasteiger charge is 2.33. The summed E-state index contributed by atoms with van der Waals surface area (Å²) in [6.45, 7) is 2.55. The van der Waals surface area contributed by atoms with E-state index in [4.69, 9.17) is 9.47 Å². The minimum atomic E-state index is -0.187. The monoisotopic (exact) mass is 325 g/mol. The van der Waals surface area contributed by atoms with E-state index in [1.54, 1.807) is 7.11 Å². The molecule has 1 aliphatic heterocycles. The van der Waals surface area contributed by atoms with Gasteiger partial charge in [-0.25, -0.2) is 0 Å². The molecule has 0 bridgehead atoms. The van der Waals surface area contributed by atoms with Crippen LogP contribution >= 0.6 is 0 Å². The van der Waals surface area contributed by atoms with Crippen LogP contribution in [-0.2, 0) is 16.0 Å². The van der Waals surface area contributed by atoms with Crippen molar-refractivity contribution in [2.75, 3.05) is 13.7 Å². The molecule has 1 saturated heterocycles. The molecule has 0 aromatic heterocycles. The number of nitrogens with zero attached hydrogens (tertiary/aromatic N) is 1. The first-order valence-corrected chi connectivity index (χ1v) is 8.30. The molecular formula is C20H23NO3. The van der Waals surface area contributed by atoms with Crippen LogP contribution in [0.15, 0.2) is 54.6 Å². The summed E-state index contributed by atoms with van der Waals surface area (Å²) in [6.07, 6.45) is 0.951. The van der Waals surface area contributed by atoms with Crippen LogP contribution < -0.4 is 4.74 Å². The first-order valence-electron chi connectivity index (χ1n) is 8.30. The van der Waals surface area contributed by atoms with E-state index in [0.29, 0.717) is 19.4 Å². The van der Waals surface area contributed by atoms with Gasteiger partial charge in [0.05, 0.1) is 13.7 Å². The standard InChI is InChI=1S/C20H23NO3/c1-15-21(14-19(24-15)17-8-4-3-5-9-17)20(22)12-11-16-7-6-10-18(13-16)23-2/h3-10,13,15,19H,11-12,14H2,1-2H3. The van der Waals surface area contributed by atoms with E-state index in [0.717, 1.165) is 16.9 Å². The quantitative estimate of drug-likeness (QED) is 0.843. The lowest BCUT2D eigenvalue weighted by atomic mass is 10.1. The fraction of sp³-hybridized carbons (Fsp3) is 0.350. The topological polar surface area (TPSA) is 38.8 Å². The van der Waals surface area contributed by atoms with E-state index in [2.05, 4.69) is 0 Å². The molecule has 4 heteroatoms. The zero-order valence-electron chi connectivity index (χ0n) is 14.1. The molecule has 0 spiro atoms. The number of aryl methyl sites for hydroxylation is 1. The second-order valence-corrected chi connectivity index (χ2v) is 6.03. The number of ether oxygens (including phenoxy) is 2. The molecule has 1 heterocycles. The zero-order valence-corrected chi connectivity index (χ0v) is 14.1. The molecule has 2 atom stereocenters. The molecule has 0 saturated carbocycles. The first-order chi connectivity index (χ1) is 11.7. The Morgan fingerprint density at radius 2 is 2.00 bits per heavy atom. The normalized spacial score (nSPS) is 20.2. The van der Waals surface area contributed by atoms with Crippen molar-refractivity contribution in [2.24, 2.45) is 0 Å². The molecule has 0 N–H and O–H groups in total. The maximum Gasteiger partial charge on any atom is 0.225 e. The second-order valence-electron chi connectivity index (χ2n) is 6.03. The van der Waals surface area contributed by atoms with Crippen LogP contribution in [0, 0.1) is 0 Å². The lowest BCUT2D eigenvalue weighted by molar-refractivity contribution is -0.135. The van der Waals surface area contributed by atoms with Gasteiger partial charge in [-0.3, -0.25) is 4.79 Å². The predicted molar refractivity (Wildman–Crippen MR) is 92.8 cm³/mol. The van der Waals surface area contributed by atoms with Crippen molar-refractivity contribution in [3.8, 4) is 5.75 Å². The fourth-order valence-electron chi connectivity index (χ4n) is 3.06. The predicted octanol–water partition coefficient (Wildman–Crippen LogP) is 3.57. The van der Waals surface area contributed by atoms with Crippen molar-refractivity contribution in [1.29, 1.82) is 0 Å². The maximum atomic E-state index is 12.6. The molecule has 2 unspecified atom stereocenters. The minimum Gasteiger partial charge on any atom is -0.497 e. The molecule has 0 aliphatic carbocycles. The highest BCUT2D eigenvalue weighted by atomic mass is 16.5. The van der Waals surface area contributed by atoms with Gasteiger partial charge in [-0.15, -0.1) is 0 Å². The summed E-state index contributed by atoms with van der Waals surface area (Å²) < 4.78 is 11.2. The van der Waals surface area contributed by atoms with Crippen LogP contribution in [0.25, 0.3) is 0 Å². The van der Waals surface area contributed by atoms with Gasteiger partial charge in [0.1, 0.15) is 18.1 Å². The molecule has 4 nitrogen and oxygen atoms in total. The van der Waals surface area contributed by atoms with Crippen molar-refractivity contribution < 1.29 is 14.3 Å². The third-order valence-corrected chi connectivity index (χ3v) is 4.42. The average molecular weight is 325 g/mol. The molecule has 0 radical (unpaired) electrons. The summed E-state index contributed by atoms with van der Waals surface area (Å²) in [5, 5.41) is 0. The van der Waals surface area contributed by atoms with E-state index in [9.17, 15) is 4.79 Å². The largest absolute Gasteiger partial charge is 0.497 e. The van der Waals surface area contributed by atoms with Crippen molar-refractivity contribution in [3.05, 3.63) is 65.7 Å². The molecule has 24 heavy (non-hydrogen) atoms. The summed E-state index contributed by atoms with van der Waals surface area (Å²) in [5.41, 5.74) is 2.22. The molecular weight excluding hydrogens is 302 g/mol. The number of carbonyl (C=O) groups is 1. The third-order valence-electron chi connectivity index (χ3n) is 4.42. The number of rotatable bonds is 5. The molecule has 1 aliphatic rings. The Labute approximate surface area is 143 Å². The van der Waals surface area contributed by atoms with Crippen molar-refractivity contribution in [1.82, 2.24) is 4.90 Å². The van der Waals surface area contributed by atoms with Gasteiger partial charge in [0.25, 0.3) is 0 Å². The number of hydrogen-bond donors (Lipinski definition) is 0. The second kappa shape index (κ2) is 7.49. The summed E-state index contributed by atoms with van der Waals surface area (Å²) in [7, 11) is 1.65. The average Bonchev–Trinajstić information content (AvgIpc) is 3.02. The van der Waals surface area contributed by atoms with Crippen LogP contribution in [-0.4, -0.2) is 30.7 Å². The van der Waals surface area contributed by atoms with Gasteiger partial charge in [-0.1, -0.05) is 42.5 Å². The summed E-state index contributed by atoms with van der Waals surface area (Å²) in [5.74, 6) is 0.950. The molecule has 126 valence electrons. The van der Waals surface area contributed by atoms with Crippen LogP contribution in [0.2, 0.25) is 0 Å². The van der Waals surface area contributed by atoms with Gasteiger partial charge in [0, 0.05) is 6.42 Å². The maximum absolute atomic E-state index is 12.6. The first kappa shape index (κ1) is 16.5. The Morgan fingerprint density at radius 1 is 1.21 bits per heavy atom. The molecule has 3 rings (SSSR count). The van der Waals surface area contributed by atoms with Crippen molar-refractivity contribution in [3.63, 3.8) is 0 Å². The molecule has 1 amide bonds. The Balaban J connectivity index is 1.59. The Hall–Kier alpha value is -2.33. The SMILES string of the molecule is COc1cccc(CCC(=O)N2CC(c3ccccc3)OC2C)c1. The van der Waals surface area contributed by atoms with E-state index < -0.39 is 0 Å². The number of carbonyl (C=O) groups excluding carboxylic acids is 1. The van der Waals surface area contributed by atoms with Crippen LogP contribution in [0.3, 0.4) is 0 Å². The lowest BCUT2D eigenvalue weighted by Crippen LogP contribution is -2.34. The van der Waals surface area contributed by atoms with Crippen molar-refractivity contribution >= 4 is 5.91 Å². The van der Waals surface area contributed by atoms with Gasteiger partial charge in [-0.2, -0.15) is 0 Å². The highest BCUT2D eigenvalue weighted by molar-refractivity contribution is 5.77. The summed E-state index contributed by atoms with van der Waals surface area (Å²) >= 11 is 0. The number of methoxy groups -OCH3 is 1. The Morgan fingerprint density at radius 3 is 2.75 bits per heavy atom. The Bertz CT molecular complexity index is 686. The van der Waals surface area contributed by atoms with E-state index in [1.807, 2.05) is 66.4 Å². The third kappa shape index (κ3) is 3.77.